The molecule has 110 valence electrons. The van der Waals surface area contributed by atoms with Gasteiger partial charge in [0.15, 0.2) is 0 Å². The second kappa shape index (κ2) is 7.53. The Bertz CT molecular complexity index is 446. The second-order valence-corrected chi connectivity index (χ2v) is 4.85. The van der Waals surface area contributed by atoms with Gasteiger partial charge in [-0.3, -0.25) is 4.79 Å². The first-order valence-corrected chi connectivity index (χ1v) is 6.70. The molecule has 1 amide bonds. The van der Waals surface area contributed by atoms with Gasteiger partial charge >= 0.3 is 5.97 Å². The van der Waals surface area contributed by atoms with Crippen LogP contribution < -0.4 is 10.1 Å². The number of rotatable bonds is 8. The summed E-state index contributed by atoms with van der Waals surface area (Å²) in [6.07, 6.45) is 1.21. The minimum absolute atomic E-state index is 0.126. The van der Waals surface area contributed by atoms with Crippen LogP contribution in [0.25, 0.3) is 0 Å². The van der Waals surface area contributed by atoms with Crippen LogP contribution in [-0.4, -0.2) is 29.1 Å². The van der Waals surface area contributed by atoms with Crippen LogP contribution in [0.5, 0.6) is 5.75 Å². The van der Waals surface area contributed by atoms with E-state index >= 15 is 0 Å². The van der Waals surface area contributed by atoms with Crippen molar-refractivity contribution in [2.45, 2.75) is 38.6 Å². The number of carboxylic acid groups (broad SMARTS) is 1. The third-order valence-electron chi connectivity index (χ3n) is 2.98. The molecule has 2 N–H and O–H groups in total. The second-order valence-electron chi connectivity index (χ2n) is 4.85. The summed E-state index contributed by atoms with van der Waals surface area (Å²) >= 11 is 0. The Kier molecular flexibility index (Phi) is 6.03. The SMILES string of the molecule is CCCC(C)(NC(=O)CCOc1ccccc1)C(=O)O. The van der Waals surface area contributed by atoms with Crippen molar-refractivity contribution in [2.24, 2.45) is 0 Å². The summed E-state index contributed by atoms with van der Waals surface area (Å²) in [4.78, 5) is 23.0. The van der Waals surface area contributed by atoms with E-state index in [9.17, 15) is 9.59 Å². The molecular weight excluding hydrogens is 258 g/mol. The van der Waals surface area contributed by atoms with Gasteiger partial charge in [0, 0.05) is 0 Å². The average Bonchev–Trinajstić information content (AvgIpc) is 2.40. The van der Waals surface area contributed by atoms with Crippen LogP contribution in [0, 0.1) is 0 Å². The Morgan fingerprint density at radius 1 is 1.30 bits per heavy atom. The molecule has 1 aromatic rings. The summed E-state index contributed by atoms with van der Waals surface area (Å²) in [5, 5.41) is 11.7. The fourth-order valence-corrected chi connectivity index (χ4v) is 1.87. The van der Waals surface area contributed by atoms with Gasteiger partial charge in [0.05, 0.1) is 13.0 Å². The Balaban J connectivity index is 2.41. The quantitative estimate of drug-likeness (QED) is 0.765. The molecule has 1 rings (SSSR count). The van der Waals surface area contributed by atoms with E-state index < -0.39 is 11.5 Å². The zero-order valence-corrected chi connectivity index (χ0v) is 11.9. The summed E-state index contributed by atoms with van der Waals surface area (Å²) < 4.78 is 5.40. The topological polar surface area (TPSA) is 75.6 Å². The largest absolute Gasteiger partial charge is 0.493 e. The molecule has 0 aliphatic rings. The minimum atomic E-state index is -1.21. The molecule has 0 radical (unpaired) electrons. The van der Waals surface area contributed by atoms with Crippen molar-refractivity contribution >= 4 is 11.9 Å². The van der Waals surface area contributed by atoms with E-state index in [4.69, 9.17) is 9.84 Å². The zero-order valence-electron chi connectivity index (χ0n) is 11.9. The van der Waals surface area contributed by atoms with Crippen molar-refractivity contribution in [2.75, 3.05) is 6.61 Å². The van der Waals surface area contributed by atoms with Gasteiger partial charge in [0.1, 0.15) is 11.3 Å². The van der Waals surface area contributed by atoms with E-state index in [1.54, 1.807) is 12.1 Å². The lowest BCUT2D eigenvalue weighted by atomic mass is 9.96. The molecule has 1 unspecified atom stereocenters. The van der Waals surface area contributed by atoms with E-state index in [0.717, 1.165) is 0 Å². The molecular formula is C15H21NO4. The highest BCUT2D eigenvalue weighted by molar-refractivity contribution is 5.86. The molecule has 0 aromatic heterocycles. The lowest BCUT2D eigenvalue weighted by Gasteiger charge is -2.25. The number of carbonyl (C=O) groups excluding carboxylic acids is 1. The third-order valence-corrected chi connectivity index (χ3v) is 2.98. The van der Waals surface area contributed by atoms with Crippen molar-refractivity contribution < 1.29 is 19.4 Å². The van der Waals surface area contributed by atoms with E-state index in [1.807, 2.05) is 25.1 Å². The Morgan fingerprint density at radius 2 is 1.95 bits per heavy atom. The molecule has 5 nitrogen and oxygen atoms in total. The number of hydrogen-bond acceptors (Lipinski definition) is 3. The summed E-state index contributed by atoms with van der Waals surface area (Å²) in [6.45, 7) is 3.62. The number of nitrogens with one attached hydrogen (secondary N) is 1. The molecule has 0 saturated heterocycles. The maximum Gasteiger partial charge on any atom is 0.329 e. The van der Waals surface area contributed by atoms with E-state index in [2.05, 4.69) is 5.32 Å². The molecule has 1 aromatic carbocycles. The van der Waals surface area contributed by atoms with Crippen LogP contribution in [0.2, 0.25) is 0 Å². The number of amides is 1. The number of aliphatic carboxylic acids is 1. The zero-order chi connectivity index (χ0) is 15.0. The Morgan fingerprint density at radius 3 is 2.50 bits per heavy atom. The summed E-state index contributed by atoms with van der Waals surface area (Å²) in [7, 11) is 0. The van der Waals surface area contributed by atoms with Crippen LogP contribution in [0.4, 0.5) is 0 Å². The molecule has 0 aliphatic carbocycles. The van der Waals surface area contributed by atoms with Crippen molar-refractivity contribution in [3.05, 3.63) is 30.3 Å². The van der Waals surface area contributed by atoms with Crippen LogP contribution in [0.15, 0.2) is 30.3 Å². The smallest absolute Gasteiger partial charge is 0.329 e. The number of carbonyl (C=O) groups is 2. The molecule has 0 heterocycles. The normalized spacial score (nSPS) is 13.3. The predicted octanol–water partition coefficient (Wildman–Crippen LogP) is 2.22. The molecule has 0 bridgehead atoms. The van der Waals surface area contributed by atoms with Gasteiger partial charge in [-0.05, 0) is 25.5 Å². The Hall–Kier alpha value is -2.04. The highest BCUT2D eigenvalue weighted by Gasteiger charge is 2.33. The predicted molar refractivity (Wildman–Crippen MR) is 75.6 cm³/mol. The van der Waals surface area contributed by atoms with E-state index in [1.165, 1.54) is 6.92 Å². The van der Waals surface area contributed by atoms with Crippen LogP contribution >= 0.6 is 0 Å². The van der Waals surface area contributed by atoms with Gasteiger partial charge in [-0.25, -0.2) is 4.79 Å². The van der Waals surface area contributed by atoms with E-state index in [-0.39, 0.29) is 18.9 Å². The lowest BCUT2D eigenvalue weighted by molar-refractivity contribution is -0.147. The first kappa shape index (κ1) is 16.0. The van der Waals surface area contributed by atoms with Crippen molar-refractivity contribution in [3.8, 4) is 5.75 Å². The van der Waals surface area contributed by atoms with Gasteiger partial charge in [-0.2, -0.15) is 0 Å². The monoisotopic (exact) mass is 279 g/mol. The van der Waals surface area contributed by atoms with Crippen molar-refractivity contribution in [3.63, 3.8) is 0 Å². The van der Waals surface area contributed by atoms with Gasteiger partial charge < -0.3 is 15.2 Å². The fraction of sp³-hybridized carbons (Fsp3) is 0.467. The molecule has 1 atom stereocenters. The number of ether oxygens (including phenoxy) is 1. The first-order valence-electron chi connectivity index (χ1n) is 6.70. The van der Waals surface area contributed by atoms with Crippen molar-refractivity contribution in [1.82, 2.24) is 5.32 Å². The maximum atomic E-state index is 11.8. The molecule has 20 heavy (non-hydrogen) atoms. The third kappa shape index (κ3) is 4.91. The summed E-state index contributed by atoms with van der Waals surface area (Å²) in [5.74, 6) is -0.647. The molecule has 0 aliphatic heterocycles. The number of benzene rings is 1. The number of carboxylic acids is 1. The number of para-hydroxylation sites is 1. The van der Waals surface area contributed by atoms with Gasteiger partial charge in [0.25, 0.3) is 0 Å². The average molecular weight is 279 g/mol. The highest BCUT2D eigenvalue weighted by Crippen LogP contribution is 2.13. The van der Waals surface area contributed by atoms with Crippen LogP contribution in [-0.2, 0) is 9.59 Å². The van der Waals surface area contributed by atoms with E-state index in [0.29, 0.717) is 18.6 Å². The summed E-state index contributed by atoms with van der Waals surface area (Å²) in [6, 6.07) is 9.17. The van der Waals surface area contributed by atoms with Crippen molar-refractivity contribution in [1.29, 1.82) is 0 Å². The highest BCUT2D eigenvalue weighted by atomic mass is 16.5. The number of hydrogen-bond donors (Lipinski definition) is 2. The van der Waals surface area contributed by atoms with Crippen LogP contribution in [0.3, 0.4) is 0 Å². The molecule has 0 fully saturated rings. The van der Waals surface area contributed by atoms with Crippen LogP contribution in [0.1, 0.15) is 33.1 Å². The molecule has 0 saturated carbocycles. The molecule has 0 spiro atoms. The minimum Gasteiger partial charge on any atom is -0.493 e. The summed E-state index contributed by atoms with van der Waals surface area (Å²) in [5.41, 5.74) is -1.21. The van der Waals surface area contributed by atoms with Gasteiger partial charge in [0.2, 0.25) is 5.91 Å². The Labute approximate surface area is 118 Å². The molecule has 5 heteroatoms. The first-order chi connectivity index (χ1) is 9.48. The fourth-order valence-electron chi connectivity index (χ4n) is 1.87. The lowest BCUT2D eigenvalue weighted by Crippen LogP contribution is -2.52. The van der Waals surface area contributed by atoms with Gasteiger partial charge in [-0.15, -0.1) is 0 Å². The van der Waals surface area contributed by atoms with Gasteiger partial charge in [-0.1, -0.05) is 31.5 Å². The standard InChI is InChI=1S/C15H21NO4/c1-3-10-15(2,14(18)19)16-13(17)9-11-20-12-7-5-4-6-8-12/h4-8H,3,9-11H2,1-2H3,(H,16,17)(H,18,19). The maximum absolute atomic E-state index is 11.8.